The van der Waals surface area contributed by atoms with E-state index in [1.54, 1.807) is 35.2 Å². The second-order valence-corrected chi connectivity index (χ2v) is 11.3. The van der Waals surface area contributed by atoms with E-state index in [0.29, 0.717) is 45.0 Å². The Bertz CT molecular complexity index is 1120. The molecule has 1 unspecified atom stereocenters. The average Bonchev–Trinajstić information content (AvgIpc) is 3.59. The number of nitrogens with zero attached hydrogens (tertiary/aromatic N) is 2. The highest BCUT2D eigenvalue weighted by atomic mass is 35.5. The van der Waals surface area contributed by atoms with Crippen LogP contribution < -0.4 is 5.73 Å². The summed E-state index contributed by atoms with van der Waals surface area (Å²) in [5, 5.41) is 1.90. The molecule has 35 heavy (non-hydrogen) atoms. The molecule has 2 atom stereocenters. The van der Waals surface area contributed by atoms with E-state index < -0.39 is 17.4 Å². The minimum Gasteiger partial charge on any atom is -0.368 e. The monoisotopic (exact) mass is 555 g/mol. The number of carbonyl (C=O) groups excluding carboxylic acids is 2. The van der Waals surface area contributed by atoms with Crippen LogP contribution in [0.2, 0.25) is 20.1 Å². The zero-order valence-electron chi connectivity index (χ0n) is 19.6. The fourth-order valence-electron chi connectivity index (χ4n) is 5.09. The van der Waals surface area contributed by atoms with Crippen LogP contribution in [0.4, 0.5) is 0 Å². The Kier molecular flexibility index (Phi) is 8.24. The van der Waals surface area contributed by atoms with Crippen molar-refractivity contribution < 1.29 is 9.59 Å². The minimum absolute atomic E-state index is 0.130. The van der Waals surface area contributed by atoms with E-state index in [9.17, 15) is 9.59 Å². The van der Waals surface area contributed by atoms with Crippen molar-refractivity contribution in [1.82, 2.24) is 9.80 Å². The van der Waals surface area contributed by atoms with Crippen LogP contribution in [0.1, 0.15) is 43.2 Å². The molecule has 1 heterocycles. The molecule has 1 aliphatic heterocycles. The zero-order valence-corrected chi connectivity index (χ0v) is 22.6. The molecule has 0 bridgehead atoms. The van der Waals surface area contributed by atoms with Crippen LogP contribution in [0.25, 0.3) is 0 Å². The number of nitrogens with two attached hydrogens (primary N) is 1. The van der Waals surface area contributed by atoms with E-state index in [-0.39, 0.29) is 18.4 Å². The lowest BCUT2D eigenvalue weighted by molar-refractivity contribution is -0.142. The van der Waals surface area contributed by atoms with Gasteiger partial charge in [-0.1, -0.05) is 65.0 Å². The van der Waals surface area contributed by atoms with Gasteiger partial charge in [-0.15, -0.1) is 0 Å². The number of likely N-dealkylation sites (N-methyl/N-ethyl adjacent to an activating group) is 1. The van der Waals surface area contributed by atoms with Gasteiger partial charge < -0.3 is 15.5 Å². The van der Waals surface area contributed by atoms with E-state index in [2.05, 4.69) is 11.9 Å². The van der Waals surface area contributed by atoms with E-state index in [4.69, 9.17) is 52.1 Å². The van der Waals surface area contributed by atoms with Crippen LogP contribution in [-0.4, -0.2) is 53.8 Å². The summed E-state index contributed by atoms with van der Waals surface area (Å²) in [6.07, 6.45) is 4.65. The van der Waals surface area contributed by atoms with Gasteiger partial charge >= 0.3 is 0 Å². The number of primary amides is 1. The fourth-order valence-corrected chi connectivity index (χ4v) is 6.16. The van der Waals surface area contributed by atoms with Crippen molar-refractivity contribution in [2.24, 2.45) is 5.73 Å². The molecule has 2 aromatic rings. The topological polar surface area (TPSA) is 66.6 Å². The second-order valence-electron chi connectivity index (χ2n) is 9.65. The molecule has 4 rings (SSSR count). The molecular weight excluding hydrogens is 528 g/mol. The van der Waals surface area contributed by atoms with Crippen molar-refractivity contribution in [2.45, 2.75) is 56.0 Å². The van der Waals surface area contributed by atoms with Gasteiger partial charge in [0.2, 0.25) is 11.8 Å². The lowest BCUT2D eigenvalue weighted by Gasteiger charge is -2.40. The fraction of sp³-hybridized carbons (Fsp3) is 0.462. The van der Waals surface area contributed by atoms with Gasteiger partial charge in [-0.05, 0) is 74.7 Å². The molecule has 0 radical (unpaired) electrons. The third-order valence-corrected chi connectivity index (χ3v) is 8.46. The van der Waals surface area contributed by atoms with Gasteiger partial charge in [0, 0.05) is 39.1 Å². The molecular formula is C26H29Cl4N3O2. The van der Waals surface area contributed by atoms with E-state index in [0.717, 1.165) is 31.4 Å². The first-order chi connectivity index (χ1) is 16.6. The first-order valence-corrected chi connectivity index (χ1v) is 13.3. The highest BCUT2D eigenvalue weighted by Crippen LogP contribution is 2.52. The summed E-state index contributed by atoms with van der Waals surface area (Å²) in [5.74, 6) is -0.699. The van der Waals surface area contributed by atoms with Crippen molar-refractivity contribution in [3.63, 3.8) is 0 Å². The smallest absolute Gasteiger partial charge is 0.240 e. The van der Waals surface area contributed by atoms with Crippen molar-refractivity contribution in [2.75, 3.05) is 20.1 Å². The summed E-state index contributed by atoms with van der Waals surface area (Å²) in [6, 6.07) is 9.62. The van der Waals surface area contributed by atoms with E-state index >= 15 is 0 Å². The molecule has 1 aliphatic carbocycles. The number of amides is 2. The molecule has 2 fully saturated rings. The van der Waals surface area contributed by atoms with E-state index in [1.807, 2.05) is 6.07 Å². The maximum Gasteiger partial charge on any atom is 0.240 e. The summed E-state index contributed by atoms with van der Waals surface area (Å²) >= 11 is 25.2. The summed E-state index contributed by atoms with van der Waals surface area (Å²) in [5.41, 5.74) is 6.60. The van der Waals surface area contributed by atoms with Crippen molar-refractivity contribution in [3.05, 3.63) is 67.6 Å². The SMILES string of the molecule is CN1CCCCC1CN(C(=O)C1(c2ccc(Cl)cc2Cl)CC1)[C@@H](Cc1ccc(Cl)cc1Cl)C(N)=O. The molecule has 188 valence electrons. The number of likely N-dealkylation sites (tertiary alicyclic amines) is 1. The molecule has 0 spiro atoms. The second kappa shape index (κ2) is 10.9. The Labute approximate surface area is 226 Å². The maximum absolute atomic E-state index is 14.3. The number of piperidine rings is 1. The van der Waals surface area contributed by atoms with Crippen LogP contribution in [0.5, 0.6) is 0 Å². The summed E-state index contributed by atoms with van der Waals surface area (Å²) in [6.45, 7) is 1.35. The third-order valence-electron chi connectivity index (χ3n) is 7.33. The highest BCUT2D eigenvalue weighted by molar-refractivity contribution is 6.35. The first kappa shape index (κ1) is 26.6. The van der Waals surface area contributed by atoms with Crippen LogP contribution in [0, 0.1) is 0 Å². The predicted molar refractivity (Wildman–Crippen MR) is 143 cm³/mol. The summed E-state index contributed by atoms with van der Waals surface area (Å²) < 4.78 is 0. The van der Waals surface area contributed by atoms with Gasteiger partial charge in [0.25, 0.3) is 0 Å². The van der Waals surface area contributed by atoms with Crippen LogP contribution in [0.15, 0.2) is 36.4 Å². The molecule has 9 heteroatoms. The summed E-state index contributed by atoms with van der Waals surface area (Å²) in [4.78, 5) is 31.1. The minimum atomic E-state index is -0.861. The normalized spacial score (nSPS) is 20.3. The van der Waals surface area contributed by atoms with Gasteiger partial charge in [0.05, 0.1) is 5.41 Å². The largest absolute Gasteiger partial charge is 0.368 e. The number of hydrogen-bond acceptors (Lipinski definition) is 3. The van der Waals surface area contributed by atoms with E-state index in [1.165, 1.54) is 0 Å². The Hall–Kier alpha value is -1.50. The third kappa shape index (κ3) is 5.75. The quantitative estimate of drug-likeness (QED) is 0.450. The zero-order chi connectivity index (χ0) is 25.3. The lowest BCUT2D eigenvalue weighted by Crippen LogP contribution is -2.57. The Balaban J connectivity index is 1.71. The number of rotatable bonds is 8. The molecule has 5 nitrogen and oxygen atoms in total. The van der Waals surface area contributed by atoms with Gasteiger partial charge in [-0.3, -0.25) is 9.59 Å². The van der Waals surface area contributed by atoms with Gasteiger partial charge in [-0.2, -0.15) is 0 Å². The first-order valence-electron chi connectivity index (χ1n) is 11.8. The molecule has 2 aliphatic rings. The van der Waals surface area contributed by atoms with Crippen molar-refractivity contribution in [1.29, 1.82) is 0 Å². The Morgan fingerprint density at radius 2 is 1.71 bits per heavy atom. The Morgan fingerprint density at radius 3 is 2.29 bits per heavy atom. The molecule has 1 saturated heterocycles. The van der Waals surface area contributed by atoms with Gasteiger partial charge in [-0.25, -0.2) is 0 Å². The lowest BCUT2D eigenvalue weighted by atomic mass is 9.91. The number of carbonyl (C=O) groups is 2. The van der Waals surface area contributed by atoms with Gasteiger partial charge in [0.15, 0.2) is 0 Å². The van der Waals surface area contributed by atoms with Gasteiger partial charge in [0.1, 0.15) is 6.04 Å². The highest BCUT2D eigenvalue weighted by Gasteiger charge is 2.55. The van der Waals surface area contributed by atoms with Crippen LogP contribution >= 0.6 is 46.4 Å². The number of halogens is 4. The van der Waals surface area contributed by atoms with Crippen molar-refractivity contribution in [3.8, 4) is 0 Å². The molecule has 2 amide bonds. The average molecular weight is 557 g/mol. The molecule has 0 aromatic heterocycles. The van der Waals surface area contributed by atoms with Crippen molar-refractivity contribution >= 4 is 58.2 Å². The standard InChI is InChI=1S/C26H29Cl4N3O2/c1-32-11-3-2-4-19(32)15-33(23(24(31)34)12-16-5-6-17(27)13-21(16)29)25(35)26(9-10-26)20-8-7-18(28)14-22(20)30/h5-8,13-14,19,23H,2-4,9-12,15H2,1H3,(H2,31,34)/t19?,23-/m0/s1. The van der Waals surface area contributed by atoms with Crippen LogP contribution in [0.3, 0.4) is 0 Å². The summed E-state index contributed by atoms with van der Waals surface area (Å²) in [7, 11) is 2.06. The Morgan fingerprint density at radius 1 is 1.06 bits per heavy atom. The number of benzene rings is 2. The molecule has 1 saturated carbocycles. The molecule has 2 N–H and O–H groups in total. The number of hydrogen-bond donors (Lipinski definition) is 1. The predicted octanol–water partition coefficient (Wildman–Crippen LogP) is 5.74. The maximum atomic E-state index is 14.3. The molecule has 2 aromatic carbocycles. The van der Waals surface area contributed by atoms with Crippen LogP contribution in [-0.2, 0) is 21.4 Å².